The van der Waals surface area contributed by atoms with Gasteiger partial charge in [0.05, 0.1) is 0 Å². The molecule has 11 heavy (non-hydrogen) atoms. The summed E-state index contributed by atoms with van der Waals surface area (Å²) < 4.78 is 0. The Morgan fingerprint density at radius 2 is 2.36 bits per heavy atom. The summed E-state index contributed by atoms with van der Waals surface area (Å²) in [6.07, 6.45) is 0. The number of thiophene rings is 1. The van der Waals surface area contributed by atoms with E-state index in [2.05, 4.69) is 43.1 Å². The van der Waals surface area contributed by atoms with E-state index < -0.39 is 0 Å². The molecule has 0 N–H and O–H groups in total. The third kappa shape index (κ3) is 1.90. The number of hydrogen-bond acceptors (Lipinski definition) is 2. The van der Waals surface area contributed by atoms with Crippen LogP contribution in [0.5, 0.6) is 0 Å². The molecule has 1 nitrogen and oxygen atoms in total. The first-order valence-corrected chi connectivity index (χ1v) is 4.51. The topological polar surface area (TPSA) is 12.4 Å². The minimum Gasteiger partial charge on any atom is -0.300 e. The van der Waals surface area contributed by atoms with Crippen LogP contribution in [-0.2, 0) is 5.41 Å². The van der Waals surface area contributed by atoms with Crippen molar-refractivity contribution in [1.29, 1.82) is 0 Å². The zero-order chi connectivity index (χ0) is 8.32. The normalized spacial score (nSPS) is 11.5. The lowest BCUT2D eigenvalue weighted by Gasteiger charge is -2.19. The van der Waals surface area contributed by atoms with Gasteiger partial charge < -0.3 is 4.99 Å². The molecule has 0 saturated carbocycles. The second-order valence-corrected chi connectivity index (χ2v) is 4.19. The molecular formula is C9H13NS. The summed E-state index contributed by atoms with van der Waals surface area (Å²) in [5, 5.41) is 2.10. The predicted octanol–water partition coefficient (Wildman–Crippen LogP) is 2.73. The van der Waals surface area contributed by atoms with Gasteiger partial charge in [0.15, 0.2) is 0 Å². The van der Waals surface area contributed by atoms with Crippen LogP contribution in [0.1, 0.15) is 18.7 Å². The van der Waals surface area contributed by atoms with Crippen molar-refractivity contribution in [3.63, 3.8) is 0 Å². The third-order valence-electron chi connectivity index (χ3n) is 1.70. The molecule has 60 valence electrons. The van der Waals surface area contributed by atoms with Crippen molar-refractivity contribution < 1.29 is 0 Å². The quantitative estimate of drug-likeness (QED) is 0.614. The van der Waals surface area contributed by atoms with Crippen molar-refractivity contribution >= 4 is 18.1 Å². The minimum atomic E-state index is 0.163. The van der Waals surface area contributed by atoms with E-state index in [1.54, 1.807) is 11.3 Å². The van der Waals surface area contributed by atoms with Gasteiger partial charge in [-0.3, -0.25) is 0 Å². The van der Waals surface area contributed by atoms with E-state index in [0.29, 0.717) is 0 Å². The average Bonchev–Trinajstić information content (AvgIpc) is 2.37. The molecule has 0 unspecified atom stereocenters. The van der Waals surface area contributed by atoms with Gasteiger partial charge in [-0.1, -0.05) is 19.9 Å². The van der Waals surface area contributed by atoms with Crippen LogP contribution in [-0.4, -0.2) is 13.3 Å². The van der Waals surface area contributed by atoms with Gasteiger partial charge in [0.2, 0.25) is 0 Å². The molecule has 1 aromatic rings. The van der Waals surface area contributed by atoms with Gasteiger partial charge >= 0.3 is 0 Å². The minimum absolute atomic E-state index is 0.163. The maximum absolute atomic E-state index is 3.92. The Labute approximate surface area is 71.8 Å². The van der Waals surface area contributed by atoms with Crippen LogP contribution in [0.2, 0.25) is 0 Å². The Bertz CT molecular complexity index is 224. The van der Waals surface area contributed by atoms with Crippen molar-refractivity contribution in [3.05, 3.63) is 22.4 Å². The van der Waals surface area contributed by atoms with Crippen LogP contribution in [0.4, 0.5) is 0 Å². The molecule has 0 radical (unpaired) electrons. The Kier molecular flexibility index (Phi) is 2.45. The van der Waals surface area contributed by atoms with Gasteiger partial charge in [-0.25, -0.2) is 0 Å². The van der Waals surface area contributed by atoms with E-state index in [-0.39, 0.29) is 5.41 Å². The Morgan fingerprint density at radius 3 is 2.82 bits per heavy atom. The summed E-state index contributed by atoms with van der Waals surface area (Å²) in [5.41, 5.74) is 0.163. The molecule has 0 aliphatic heterocycles. The van der Waals surface area contributed by atoms with Gasteiger partial charge in [-0.2, -0.15) is 0 Å². The van der Waals surface area contributed by atoms with Gasteiger partial charge in [0.1, 0.15) is 0 Å². The van der Waals surface area contributed by atoms with E-state index >= 15 is 0 Å². The summed E-state index contributed by atoms with van der Waals surface area (Å²) in [6.45, 7) is 8.69. The summed E-state index contributed by atoms with van der Waals surface area (Å²) in [7, 11) is 0. The maximum atomic E-state index is 3.92. The maximum Gasteiger partial charge on any atom is 0.0481 e. The van der Waals surface area contributed by atoms with Crippen molar-refractivity contribution in [3.8, 4) is 0 Å². The number of aliphatic imine (C=N–C) groups is 1. The summed E-state index contributed by atoms with van der Waals surface area (Å²) >= 11 is 1.78. The third-order valence-corrected chi connectivity index (χ3v) is 2.93. The van der Waals surface area contributed by atoms with E-state index in [1.165, 1.54) is 4.88 Å². The zero-order valence-corrected chi connectivity index (χ0v) is 7.82. The van der Waals surface area contributed by atoms with Gasteiger partial charge in [0, 0.05) is 16.8 Å². The van der Waals surface area contributed by atoms with Crippen molar-refractivity contribution in [1.82, 2.24) is 0 Å². The van der Waals surface area contributed by atoms with Crippen molar-refractivity contribution in [2.45, 2.75) is 19.3 Å². The van der Waals surface area contributed by atoms with Crippen LogP contribution in [0.25, 0.3) is 0 Å². The Balaban J connectivity index is 2.81. The molecule has 2 heteroatoms. The molecule has 0 atom stereocenters. The molecule has 1 rings (SSSR count). The van der Waals surface area contributed by atoms with Crippen molar-refractivity contribution in [2.24, 2.45) is 4.99 Å². The highest BCUT2D eigenvalue weighted by Gasteiger charge is 2.20. The van der Waals surface area contributed by atoms with Crippen LogP contribution in [0.15, 0.2) is 22.5 Å². The molecule has 0 aliphatic carbocycles. The molecular weight excluding hydrogens is 154 g/mol. The fourth-order valence-electron chi connectivity index (χ4n) is 1.02. The largest absolute Gasteiger partial charge is 0.300 e. The van der Waals surface area contributed by atoms with E-state index in [1.807, 2.05) is 0 Å². The van der Waals surface area contributed by atoms with Gasteiger partial charge in [-0.15, -0.1) is 11.3 Å². The number of hydrogen-bond donors (Lipinski definition) is 0. The summed E-state index contributed by atoms with van der Waals surface area (Å²) in [6, 6.07) is 4.22. The van der Waals surface area contributed by atoms with Gasteiger partial charge in [0.25, 0.3) is 0 Å². The first kappa shape index (κ1) is 8.47. The van der Waals surface area contributed by atoms with E-state index in [4.69, 9.17) is 0 Å². The van der Waals surface area contributed by atoms with Crippen LogP contribution < -0.4 is 0 Å². The highest BCUT2D eigenvalue weighted by atomic mass is 32.1. The molecule has 0 bridgehead atoms. The smallest absolute Gasteiger partial charge is 0.0481 e. The Morgan fingerprint density at radius 1 is 1.64 bits per heavy atom. The number of nitrogens with zero attached hydrogens (tertiary/aromatic N) is 1. The zero-order valence-electron chi connectivity index (χ0n) is 7.00. The lowest BCUT2D eigenvalue weighted by atomic mass is 9.92. The van der Waals surface area contributed by atoms with E-state index in [9.17, 15) is 0 Å². The Hall–Kier alpha value is -0.630. The van der Waals surface area contributed by atoms with Crippen molar-refractivity contribution in [2.75, 3.05) is 6.54 Å². The molecule has 0 amide bonds. The van der Waals surface area contributed by atoms with E-state index in [0.717, 1.165) is 6.54 Å². The molecule has 0 saturated heterocycles. The lowest BCUT2D eigenvalue weighted by Crippen LogP contribution is -2.19. The molecule has 0 fully saturated rings. The SMILES string of the molecule is C=NCC(C)(C)c1cccs1. The van der Waals surface area contributed by atoms with Crippen LogP contribution in [0, 0.1) is 0 Å². The summed E-state index contributed by atoms with van der Waals surface area (Å²) in [5.74, 6) is 0. The molecule has 1 heterocycles. The number of rotatable bonds is 3. The lowest BCUT2D eigenvalue weighted by molar-refractivity contribution is 0.553. The average molecular weight is 167 g/mol. The fraction of sp³-hybridized carbons (Fsp3) is 0.444. The summed E-state index contributed by atoms with van der Waals surface area (Å²) in [4.78, 5) is 5.30. The molecule has 0 aliphatic rings. The highest BCUT2D eigenvalue weighted by molar-refractivity contribution is 7.10. The first-order chi connectivity index (χ1) is 5.17. The second-order valence-electron chi connectivity index (χ2n) is 3.24. The van der Waals surface area contributed by atoms with Crippen LogP contribution in [0.3, 0.4) is 0 Å². The molecule has 1 aromatic heterocycles. The monoisotopic (exact) mass is 167 g/mol. The highest BCUT2D eigenvalue weighted by Crippen LogP contribution is 2.27. The molecule has 0 spiro atoms. The second kappa shape index (κ2) is 3.18. The molecule has 0 aromatic carbocycles. The fourth-order valence-corrected chi connectivity index (χ4v) is 1.87. The van der Waals surface area contributed by atoms with Gasteiger partial charge in [-0.05, 0) is 18.2 Å². The first-order valence-electron chi connectivity index (χ1n) is 3.63. The standard InChI is InChI=1S/C9H13NS/c1-9(2,7-10-3)8-5-4-6-11-8/h4-6H,3,7H2,1-2H3. The van der Waals surface area contributed by atoms with Crippen LogP contribution >= 0.6 is 11.3 Å². The predicted molar refractivity (Wildman–Crippen MR) is 51.8 cm³/mol.